The molecule has 13 heavy (non-hydrogen) atoms. The topological polar surface area (TPSA) is 95.1 Å². The molecule has 0 aliphatic carbocycles. The summed E-state index contributed by atoms with van der Waals surface area (Å²) in [4.78, 5) is 10.7. The summed E-state index contributed by atoms with van der Waals surface area (Å²) in [5, 5.41) is 0. The SMILES string of the molecule is NC(=O)c1ccc(CC(N)N)cc1. The number of benzene rings is 1. The van der Waals surface area contributed by atoms with Crippen molar-refractivity contribution in [3.8, 4) is 0 Å². The molecule has 0 aromatic heterocycles. The zero-order valence-corrected chi connectivity index (χ0v) is 7.23. The van der Waals surface area contributed by atoms with Crippen molar-refractivity contribution in [3.05, 3.63) is 35.4 Å². The number of hydrogen-bond donors (Lipinski definition) is 3. The van der Waals surface area contributed by atoms with Crippen LogP contribution >= 0.6 is 0 Å². The van der Waals surface area contributed by atoms with Gasteiger partial charge in [0.2, 0.25) is 5.91 Å². The van der Waals surface area contributed by atoms with Gasteiger partial charge in [0.05, 0.1) is 6.17 Å². The van der Waals surface area contributed by atoms with E-state index in [2.05, 4.69) is 0 Å². The number of carbonyl (C=O) groups excluding carboxylic acids is 1. The predicted octanol–water partition coefficient (Wildman–Crippen LogP) is -0.429. The third-order valence-corrected chi connectivity index (χ3v) is 1.71. The van der Waals surface area contributed by atoms with E-state index in [1.807, 2.05) is 0 Å². The van der Waals surface area contributed by atoms with Crippen LogP contribution in [0.3, 0.4) is 0 Å². The Hall–Kier alpha value is -1.39. The highest BCUT2D eigenvalue weighted by molar-refractivity contribution is 5.92. The van der Waals surface area contributed by atoms with Gasteiger partial charge >= 0.3 is 0 Å². The van der Waals surface area contributed by atoms with Gasteiger partial charge in [0.25, 0.3) is 0 Å². The fourth-order valence-corrected chi connectivity index (χ4v) is 1.08. The van der Waals surface area contributed by atoms with E-state index in [1.54, 1.807) is 24.3 Å². The van der Waals surface area contributed by atoms with E-state index < -0.39 is 5.91 Å². The molecule has 0 fully saturated rings. The summed E-state index contributed by atoms with van der Waals surface area (Å²) in [5.41, 5.74) is 17.4. The fraction of sp³-hybridized carbons (Fsp3) is 0.222. The van der Waals surface area contributed by atoms with E-state index in [4.69, 9.17) is 17.2 Å². The minimum atomic E-state index is -0.427. The lowest BCUT2D eigenvalue weighted by molar-refractivity contribution is 0.100. The monoisotopic (exact) mass is 179 g/mol. The third kappa shape index (κ3) is 2.85. The van der Waals surface area contributed by atoms with Gasteiger partial charge in [-0.2, -0.15) is 0 Å². The standard InChI is InChI=1S/C9H13N3O/c10-8(11)5-6-1-3-7(4-2-6)9(12)13/h1-4,8H,5,10-11H2,(H2,12,13). The molecule has 4 heteroatoms. The van der Waals surface area contributed by atoms with Gasteiger partial charge in [-0.1, -0.05) is 12.1 Å². The Kier molecular flexibility index (Phi) is 3.00. The number of amides is 1. The smallest absolute Gasteiger partial charge is 0.248 e. The van der Waals surface area contributed by atoms with Crippen LogP contribution in [0.1, 0.15) is 15.9 Å². The summed E-state index contributed by atoms with van der Waals surface area (Å²) in [7, 11) is 0. The highest BCUT2D eigenvalue weighted by Gasteiger charge is 2.01. The molecule has 1 amide bonds. The molecule has 0 aliphatic rings. The summed E-state index contributed by atoms with van der Waals surface area (Å²) in [5.74, 6) is -0.427. The number of carbonyl (C=O) groups is 1. The van der Waals surface area contributed by atoms with Crippen molar-refractivity contribution in [1.82, 2.24) is 0 Å². The average Bonchev–Trinajstić information content (AvgIpc) is 2.04. The summed E-state index contributed by atoms with van der Waals surface area (Å²) >= 11 is 0. The van der Waals surface area contributed by atoms with Crippen LogP contribution in [0.25, 0.3) is 0 Å². The molecule has 70 valence electrons. The Bertz CT molecular complexity index is 292. The number of rotatable bonds is 3. The van der Waals surface area contributed by atoms with Gasteiger partial charge in [-0.3, -0.25) is 4.79 Å². The lowest BCUT2D eigenvalue weighted by atomic mass is 10.1. The highest BCUT2D eigenvalue weighted by Crippen LogP contribution is 2.04. The number of nitrogens with two attached hydrogens (primary N) is 3. The third-order valence-electron chi connectivity index (χ3n) is 1.71. The normalized spacial score (nSPS) is 10.4. The molecule has 1 aromatic rings. The second-order valence-corrected chi connectivity index (χ2v) is 2.93. The van der Waals surface area contributed by atoms with Crippen molar-refractivity contribution >= 4 is 5.91 Å². The molecule has 0 aliphatic heterocycles. The van der Waals surface area contributed by atoms with E-state index in [-0.39, 0.29) is 6.17 Å². The van der Waals surface area contributed by atoms with Crippen molar-refractivity contribution in [2.45, 2.75) is 12.6 Å². The molecule has 0 heterocycles. The summed E-state index contributed by atoms with van der Waals surface area (Å²) < 4.78 is 0. The van der Waals surface area contributed by atoms with E-state index in [1.165, 1.54) is 0 Å². The van der Waals surface area contributed by atoms with Crippen LogP contribution < -0.4 is 17.2 Å². The average molecular weight is 179 g/mol. The van der Waals surface area contributed by atoms with Crippen molar-refractivity contribution < 1.29 is 4.79 Å². The first-order valence-corrected chi connectivity index (χ1v) is 3.99. The van der Waals surface area contributed by atoms with E-state index in [9.17, 15) is 4.79 Å². The Morgan fingerprint density at radius 2 is 1.77 bits per heavy atom. The predicted molar refractivity (Wildman–Crippen MR) is 50.8 cm³/mol. The first kappa shape index (κ1) is 9.70. The van der Waals surface area contributed by atoms with E-state index in [0.717, 1.165) is 5.56 Å². The van der Waals surface area contributed by atoms with Gasteiger partial charge in [-0.25, -0.2) is 0 Å². The van der Waals surface area contributed by atoms with Gasteiger partial charge in [0, 0.05) is 12.0 Å². The van der Waals surface area contributed by atoms with E-state index in [0.29, 0.717) is 12.0 Å². The molecule has 0 saturated carbocycles. The molecule has 0 atom stereocenters. The molecule has 0 unspecified atom stereocenters. The van der Waals surface area contributed by atoms with Gasteiger partial charge in [0.15, 0.2) is 0 Å². The van der Waals surface area contributed by atoms with E-state index >= 15 is 0 Å². The van der Waals surface area contributed by atoms with Crippen LogP contribution in [0.2, 0.25) is 0 Å². The van der Waals surface area contributed by atoms with Crippen LogP contribution in [0.5, 0.6) is 0 Å². The van der Waals surface area contributed by atoms with Gasteiger partial charge in [0.1, 0.15) is 0 Å². The molecule has 1 aromatic carbocycles. The number of hydrogen-bond acceptors (Lipinski definition) is 3. The first-order chi connectivity index (χ1) is 6.09. The Labute approximate surface area is 76.7 Å². The maximum absolute atomic E-state index is 10.7. The lowest BCUT2D eigenvalue weighted by Gasteiger charge is -2.05. The van der Waals surface area contributed by atoms with Crippen molar-refractivity contribution in [2.75, 3.05) is 0 Å². The minimum absolute atomic E-state index is 0.362. The van der Waals surface area contributed by atoms with Gasteiger partial charge in [-0.05, 0) is 17.7 Å². The molecule has 0 saturated heterocycles. The molecule has 6 N–H and O–H groups in total. The molecule has 0 bridgehead atoms. The van der Waals surface area contributed by atoms with Crippen molar-refractivity contribution in [2.24, 2.45) is 17.2 Å². The molecule has 0 radical (unpaired) electrons. The maximum Gasteiger partial charge on any atom is 0.248 e. The van der Waals surface area contributed by atoms with Gasteiger partial charge < -0.3 is 17.2 Å². The minimum Gasteiger partial charge on any atom is -0.366 e. The van der Waals surface area contributed by atoms with Crippen LogP contribution in [-0.2, 0) is 6.42 Å². The number of primary amides is 1. The molecular weight excluding hydrogens is 166 g/mol. The van der Waals surface area contributed by atoms with Crippen LogP contribution in [0.15, 0.2) is 24.3 Å². The second kappa shape index (κ2) is 4.02. The maximum atomic E-state index is 10.7. The quantitative estimate of drug-likeness (QED) is 0.549. The summed E-state index contributed by atoms with van der Waals surface area (Å²) in [6.07, 6.45) is 0.235. The molecule has 0 spiro atoms. The fourth-order valence-electron chi connectivity index (χ4n) is 1.08. The zero-order valence-electron chi connectivity index (χ0n) is 7.23. The lowest BCUT2D eigenvalue weighted by Crippen LogP contribution is -2.32. The highest BCUT2D eigenvalue weighted by atomic mass is 16.1. The molecular formula is C9H13N3O. The molecule has 1 rings (SSSR count). The van der Waals surface area contributed by atoms with Crippen LogP contribution in [-0.4, -0.2) is 12.1 Å². The van der Waals surface area contributed by atoms with Crippen LogP contribution in [0, 0.1) is 0 Å². The summed E-state index contributed by atoms with van der Waals surface area (Å²) in [6.45, 7) is 0. The Morgan fingerprint density at radius 1 is 1.23 bits per heavy atom. The second-order valence-electron chi connectivity index (χ2n) is 2.93. The largest absolute Gasteiger partial charge is 0.366 e. The van der Waals surface area contributed by atoms with Crippen molar-refractivity contribution in [1.29, 1.82) is 0 Å². The van der Waals surface area contributed by atoms with Crippen LogP contribution in [0.4, 0.5) is 0 Å². The summed E-state index contributed by atoms with van der Waals surface area (Å²) in [6, 6.07) is 6.93. The van der Waals surface area contributed by atoms with Gasteiger partial charge in [-0.15, -0.1) is 0 Å². The Balaban J connectivity index is 2.75. The van der Waals surface area contributed by atoms with Crippen molar-refractivity contribution in [3.63, 3.8) is 0 Å². The molecule has 4 nitrogen and oxygen atoms in total. The zero-order chi connectivity index (χ0) is 9.84. The first-order valence-electron chi connectivity index (χ1n) is 3.99. The Morgan fingerprint density at radius 3 is 2.15 bits per heavy atom.